The summed E-state index contributed by atoms with van der Waals surface area (Å²) >= 11 is -2.55. The van der Waals surface area contributed by atoms with E-state index in [4.69, 9.17) is 0 Å². The van der Waals surface area contributed by atoms with Crippen molar-refractivity contribution in [3.05, 3.63) is 115 Å². The third-order valence-corrected chi connectivity index (χ3v) is 18.7. The Labute approximate surface area is 282 Å². The third-order valence-electron chi connectivity index (χ3n) is 9.56. The quantitative estimate of drug-likeness (QED) is 0.360. The number of halogens is 2. The Hall–Kier alpha value is -1.53. The minimum absolute atomic E-state index is 0. The molecule has 43 heavy (non-hydrogen) atoms. The van der Waals surface area contributed by atoms with Gasteiger partial charge in [0.1, 0.15) is 0 Å². The van der Waals surface area contributed by atoms with Gasteiger partial charge >= 0.3 is 260 Å². The molecule has 1 unspecified atom stereocenters. The average molecular weight is 693 g/mol. The largest absolute Gasteiger partial charge is 1.00 e. The molecule has 5 rings (SSSR count). The molecule has 2 aliphatic carbocycles. The summed E-state index contributed by atoms with van der Waals surface area (Å²) in [6.45, 7) is 28.4. The van der Waals surface area contributed by atoms with Crippen molar-refractivity contribution in [3.8, 4) is 11.1 Å². The van der Waals surface area contributed by atoms with Crippen LogP contribution in [0.3, 0.4) is 0 Å². The molecule has 0 bridgehead atoms. The molecule has 0 fully saturated rings. The van der Waals surface area contributed by atoms with Crippen molar-refractivity contribution in [2.45, 2.75) is 97.5 Å². The van der Waals surface area contributed by atoms with Crippen molar-refractivity contribution < 1.29 is 46.1 Å². The summed E-state index contributed by atoms with van der Waals surface area (Å²) in [6.07, 6.45) is 2.60. The second-order valence-electron chi connectivity index (χ2n) is 15.0. The number of hydrogen-bond acceptors (Lipinski definition) is 0. The van der Waals surface area contributed by atoms with Gasteiger partial charge in [0.25, 0.3) is 0 Å². The van der Waals surface area contributed by atoms with E-state index in [1.54, 1.807) is 28.8 Å². The Bertz CT molecular complexity index is 1540. The fraction of sp³-hybridized carbons (Fsp3) is 0.425. The summed E-state index contributed by atoms with van der Waals surface area (Å²) < 4.78 is 3.97. The van der Waals surface area contributed by atoms with Crippen LogP contribution in [-0.2, 0) is 32.1 Å². The molecule has 3 aromatic rings. The van der Waals surface area contributed by atoms with Crippen LogP contribution in [0.1, 0.15) is 113 Å². The van der Waals surface area contributed by atoms with Gasteiger partial charge < -0.3 is 24.8 Å². The maximum Gasteiger partial charge on any atom is -1.00 e. The van der Waals surface area contributed by atoms with Crippen LogP contribution < -0.4 is 24.8 Å². The first-order valence-electron chi connectivity index (χ1n) is 15.6. The van der Waals surface area contributed by atoms with E-state index in [9.17, 15) is 0 Å². The fourth-order valence-corrected chi connectivity index (χ4v) is 16.6. The van der Waals surface area contributed by atoms with Crippen molar-refractivity contribution in [1.82, 2.24) is 0 Å². The molecule has 0 heterocycles. The van der Waals surface area contributed by atoms with Gasteiger partial charge in [-0.3, -0.25) is 0 Å². The van der Waals surface area contributed by atoms with E-state index in [2.05, 4.69) is 150 Å². The smallest absolute Gasteiger partial charge is 1.00 e. The molecule has 0 saturated heterocycles. The van der Waals surface area contributed by atoms with E-state index in [0.29, 0.717) is 15.5 Å². The van der Waals surface area contributed by atoms with Gasteiger partial charge in [0, 0.05) is 0 Å². The van der Waals surface area contributed by atoms with Crippen LogP contribution >= 0.6 is 0 Å². The molecule has 3 heteroatoms. The molecule has 0 nitrogen and oxygen atoms in total. The van der Waals surface area contributed by atoms with Gasteiger partial charge in [0.05, 0.1) is 0 Å². The van der Waals surface area contributed by atoms with Gasteiger partial charge in [-0.1, -0.05) is 0 Å². The van der Waals surface area contributed by atoms with Gasteiger partial charge in [0.2, 0.25) is 0 Å². The van der Waals surface area contributed by atoms with E-state index in [-0.39, 0.29) is 35.6 Å². The zero-order valence-corrected chi connectivity index (χ0v) is 32.3. The van der Waals surface area contributed by atoms with Gasteiger partial charge in [-0.05, 0) is 0 Å². The first kappa shape index (κ1) is 35.9. The van der Waals surface area contributed by atoms with Crippen LogP contribution in [0.5, 0.6) is 0 Å². The molecule has 0 aliphatic heterocycles. The molecule has 0 N–H and O–H groups in total. The zero-order chi connectivity index (χ0) is 30.0. The average Bonchev–Trinajstić information content (AvgIpc) is 3.37. The molecule has 0 amide bonds. The Morgan fingerprint density at radius 3 is 1.58 bits per heavy atom. The van der Waals surface area contributed by atoms with Crippen LogP contribution in [0, 0.1) is 18.8 Å². The second kappa shape index (κ2) is 13.1. The molecule has 3 aromatic carbocycles. The molecule has 2 aliphatic rings. The van der Waals surface area contributed by atoms with Crippen molar-refractivity contribution in [2.24, 2.45) is 11.8 Å². The molecular formula is C40H50Cl2Zr. The van der Waals surface area contributed by atoms with Gasteiger partial charge in [-0.25, -0.2) is 0 Å². The number of benzene rings is 3. The predicted octanol–water partition coefficient (Wildman–Crippen LogP) is 5.03. The minimum atomic E-state index is -2.55. The van der Waals surface area contributed by atoms with Crippen molar-refractivity contribution in [3.63, 3.8) is 0 Å². The fourth-order valence-electron chi connectivity index (χ4n) is 7.07. The summed E-state index contributed by atoms with van der Waals surface area (Å²) in [7, 11) is 0. The summed E-state index contributed by atoms with van der Waals surface area (Å²) in [6, 6.07) is 24.4. The van der Waals surface area contributed by atoms with Crippen molar-refractivity contribution >= 4 is 3.21 Å². The summed E-state index contributed by atoms with van der Waals surface area (Å²) in [5, 5.41) is 0. The first-order valence-corrected chi connectivity index (χ1v) is 19.5. The second-order valence-corrected chi connectivity index (χ2v) is 21.7. The maximum atomic E-state index is 2.60. The Kier molecular flexibility index (Phi) is 10.9. The minimum Gasteiger partial charge on any atom is -1.00 e. The topological polar surface area (TPSA) is 0 Å². The normalized spacial score (nSPS) is 16.8. The van der Waals surface area contributed by atoms with E-state index in [0.717, 1.165) is 0 Å². The van der Waals surface area contributed by atoms with E-state index in [1.165, 1.54) is 33.4 Å². The molecule has 0 saturated carbocycles. The number of rotatable bonds is 4. The monoisotopic (exact) mass is 690 g/mol. The van der Waals surface area contributed by atoms with Gasteiger partial charge in [-0.15, -0.1) is 0 Å². The molecular weight excluding hydrogens is 643 g/mol. The molecule has 0 spiro atoms. The van der Waals surface area contributed by atoms with Crippen molar-refractivity contribution in [2.75, 3.05) is 0 Å². The number of allylic oxidation sites excluding steroid dienone is 4. The predicted molar refractivity (Wildman–Crippen MR) is 177 cm³/mol. The van der Waals surface area contributed by atoms with Crippen molar-refractivity contribution in [1.29, 1.82) is 0 Å². The Morgan fingerprint density at radius 1 is 0.721 bits per heavy atom. The molecule has 0 aromatic heterocycles. The Morgan fingerprint density at radius 2 is 1.19 bits per heavy atom. The van der Waals surface area contributed by atoms with E-state index >= 15 is 0 Å². The van der Waals surface area contributed by atoms with E-state index in [1.807, 2.05) is 0 Å². The van der Waals surface area contributed by atoms with E-state index < -0.39 is 21.3 Å². The van der Waals surface area contributed by atoms with Crippen LogP contribution in [0.15, 0.2) is 81.2 Å². The number of hydrogen-bond donors (Lipinski definition) is 0. The Balaban J connectivity index is 0.00000253. The zero-order valence-electron chi connectivity index (χ0n) is 28.3. The number of aryl methyl sites for hydroxylation is 1. The standard InChI is InChI=1S/C21H25.C10H15.C9H10.2ClH.Zr/c1-20(2,3)16-9-7-14-11-15-8-10-17(21(4,5)6)13-19(15)18(14)12-16;1-7(2)10-6-8(3)5-9(10)4;1-3-9-6-4-8(2)5-7-9;;;/h7-13H,1-6H3;6-8H,1-4H3;4-7H,1-2H3;2*1H;/q;;;;;+2/p-2. The van der Waals surface area contributed by atoms with Crippen LogP contribution in [0.2, 0.25) is 0 Å². The van der Waals surface area contributed by atoms with Gasteiger partial charge in [0.15, 0.2) is 0 Å². The van der Waals surface area contributed by atoms with Crippen LogP contribution in [0.25, 0.3) is 11.1 Å². The van der Waals surface area contributed by atoms with Crippen LogP contribution in [-0.4, -0.2) is 3.21 Å². The summed E-state index contributed by atoms with van der Waals surface area (Å²) in [4.78, 5) is 0. The summed E-state index contributed by atoms with van der Waals surface area (Å²) in [5.74, 6) is 1.07. The SMILES string of the molecule is CC1=[C](/[Zr+2](=[C](\C)c2ccc(C)cc2)[CH]2c3ccc(C(C)(C)C)cc3-c3cc(C(C)(C)C)ccc32)C(C)C=C1C(C)C.[Cl-].[Cl-]. The van der Waals surface area contributed by atoms with Crippen LogP contribution in [0.4, 0.5) is 0 Å². The van der Waals surface area contributed by atoms with Gasteiger partial charge in [-0.2, -0.15) is 0 Å². The molecule has 228 valence electrons. The molecule has 1 atom stereocenters. The maximum absolute atomic E-state index is 2.60. The number of fused-ring (bicyclic) bond motifs is 3. The third kappa shape index (κ3) is 6.71. The summed E-state index contributed by atoms with van der Waals surface area (Å²) in [5.41, 5.74) is 15.2. The first-order chi connectivity index (χ1) is 19.1. The molecule has 0 radical (unpaired) electrons.